The van der Waals surface area contributed by atoms with Gasteiger partial charge in [-0.25, -0.2) is 0 Å². The second-order valence-electron chi connectivity index (χ2n) is 4.15. The van der Waals surface area contributed by atoms with Gasteiger partial charge in [-0.2, -0.15) is 0 Å². The van der Waals surface area contributed by atoms with Gasteiger partial charge in [-0.1, -0.05) is 39.1 Å². The molecule has 0 bridgehead atoms. The van der Waals surface area contributed by atoms with E-state index in [1.807, 2.05) is 0 Å². The number of hydrogen-bond acceptors (Lipinski definition) is 3. The highest BCUT2D eigenvalue weighted by Crippen LogP contribution is 2.33. The fraction of sp³-hybridized carbons (Fsp3) is 0.0714. The fourth-order valence-corrected chi connectivity index (χ4v) is 2.85. The molecule has 0 aliphatic carbocycles. The Hall–Kier alpha value is -1.43. The van der Waals surface area contributed by atoms with Crippen LogP contribution in [0.3, 0.4) is 0 Å². The number of nitrogens with two attached hydrogens (primary N) is 1. The van der Waals surface area contributed by atoms with Gasteiger partial charge in [-0.15, -0.1) is 0 Å². The Morgan fingerprint density at radius 2 is 1.76 bits per heavy atom. The number of amides is 1. The molecule has 0 aliphatic rings. The van der Waals surface area contributed by atoms with E-state index in [0.29, 0.717) is 27.2 Å². The predicted molar refractivity (Wildman–Crippen MR) is 89.1 cm³/mol. The van der Waals surface area contributed by atoms with Crippen molar-refractivity contribution < 1.29 is 9.53 Å². The SMILES string of the molecule is Nc1ccc(OCC(=O)Nc2c(Cl)cc(Br)cc2Cl)cc1. The van der Waals surface area contributed by atoms with Crippen LogP contribution in [0, 0.1) is 0 Å². The molecule has 110 valence electrons. The van der Waals surface area contributed by atoms with Crippen LogP contribution in [0.5, 0.6) is 5.75 Å². The van der Waals surface area contributed by atoms with Gasteiger partial charge in [0.25, 0.3) is 5.91 Å². The summed E-state index contributed by atoms with van der Waals surface area (Å²) < 4.78 is 6.07. The Bertz CT molecular complexity index is 640. The third-order valence-corrected chi connectivity index (χ3v) is 3.58. The van der Waals surface area contributed by atoms with Gasteiger partial charge < -0.3 is 15.8 Å². The van der Waals surface area contributed by atoms with Crippen LogP contribution in [0.1, 0.15) is 0 Å². The van der Waals surface area contributed by atoms with Crippen molar-refractivity contribution in [1.82, 2.24) is 0 Å². The minimum atomic E-state index is -0.363. The van der Waals surface area contributed by atoms with Crippen molar-refractivity contribution in [3.8, 4) is 5.75 Å². The van der Waals surface area contributed by atoms with Crippen LogP contribution < -0.4 is 15.8 Å². The second-order valence-corrected chi connectivity index (χ2v) is 5.88. The number of rotatable bonds is 4. The van der Waals surface area contributed by atoms with Crippen molar-refractivity contribution in [3.63, 3.8) is 0 Å². The molecule has 0 saturated carbocycles. The number of carbonyl (C=O) groups excluding carboxylic acids is 1. The molecule has 0 fully saturated rings. The summed E-state index contributed by atoms with van der Waals surface area (Å²) in [7, 11) is 0. The molecule has 2 rings (SSSR count). The van der Waals surface area contributed by atoms with E-state index in [0.717, 1.165) is 4.47 Å². The van der Waals surface area contributed by atoms with E-state index in [2.05, 4.69) is 21.2 Å². The van der Waals surface area contributed by atoms with Crippen molar-refractivity contribution in [3.05, 3.63) is 50.9 Å². The summed E-state index contributed by atoms with van der Waals surface area (Å²) in [5.74, 6) is 0.185. The molecule has 0 radical (unpaired) electrons. The molecule has 4 nitrogen and oxygen atoms in total. The molecular weight excluding hydrogens is 379 g/mol. The average molecular weight is 390 g/mol. The van der Waals surface area contributed by atoms with Gasteiger partial charge in [0.2, 0.25) is 0 Å². The first kappa shape index (κ1) is 15.9. The molecule has 7 heteroatoms. The van der Waals surface area contributed by atoms with Gasteiger partial charge >= 0.3 is 0 Å². The zero-order chi connectivity index (χ0) is 15.4. The lowest BCUT2D eigenvalue weighted by Gasteiger charge is -2.11. The number of ether oxygens (including phenoxy) is 1. The largest absolute Gasteiger partial charge is 0.484 e. The van der Waals surface area contributed by atoms with Crippen molar-refractivity contribution >= 4 is 56.4 Å². The van der Waals surface area contributed by atoms with Crippen molar-refractivity contribution in [2.24, 2.45) is 0 Å². The zero-order valence-corrected chi connectivity index (χ0v) is 13.8. The van der Waals surface area contributed by atoms with Gasteiger partial charge in [0.15, 0.2) is 6.61 Å². The number of halogens is 3. The van der Waals surface area contributed by atoms with E-state index in [-0.39, 0.29) is 12.5 Å². The van der Waals surface area contributed by atoms with Gasteiger partial charge in [0.05, 0.1) is 15.7 Å². The minimum Gasteiger partial charge on any atom is -0.484 e. The number of carbonyl (C=O) groups is 1. The van der Waals surface area contributed by atoms with Gasteiger partial charge in [-0.05, 0) is 36.4 Å². The first-order chi connectivity index (χ1) is 9.95. The van der Waals surface area contributed by atoms with Crippen LogP contribution in [0.2, 0.25) is 10.0 Å². The standard InChI is InChI=1S/C14H11BrCl2N2O2/c15-8-5-11(16)14(12(17)6-8)19-13(20)7-21-10-3-1-9(18)2-4-10/h1-6H,7,18H2,(H,19,20). The van der Waals surface area contributed by atoms with Gasteiger partial charge in [0, 0.05) is 10.2 Å². The lowest BCUT2D eigenvalue weighted by atomic mass is 10.3. The maximum absolute atomic E-state index is 11.9. The summed E-state index contributed by atoms with van der Waals surface area (Å²) in [6, 6.07) is 10.0. The molecule has 0 spiro atoms. The molecule has 0 heterocycles. The molecule has 2 aromatic carbocycles. The molecule has 2 aromatic rings. The van der Waals surface area contributed by atoms with Gasteiger partial charge in [-0.3, -0.25) is 4.79 Å². The molecule has 0 atom stereocenters. The molecule has 0 aromatic heterocycles. The van der Waals surface area contributed by atoms with Crippen LogP contribution in [-0.4, -0.2) is 12.5 Å². The lowest BCUT2D eigenvalue weighted by molar-refractivity contribution is -0.118. The summed E-state index contributed by atoms with van der Waals surface area (Å²) in [4.78, 5) is 11.9. The number of benzene rings is 2. The highest BCUT2D eigenvalue weighted by molar-refractivity contribution is 9.10. The zero-order valence-electron chi connectivity index (χ0n) is 10.7. The van der Waals surface area contributed by atoms with Crippen LogP contribution >= 0.6 is 39.1 Å². The quantitative estimate of drug-likeness (QED) is 0.763. The van der Waals surface area contributed by atoms with Crippen LogP contribution in [-0.2, 0) is 4.79 Å². The van der Waals surface area contributed by atoms with E-state index < -0.39 is 0 Å². The van der Waals surface area contributed by atoms with Crippen molar-refractivity contribution in [1.29, 1.82) is 0 Å². The predicted octanol–water partition coefficient (Wildman–Crippen LogP) is 4.36. The number of hydrogen-bond donors (Lipinski definition) is 2. The molecule has 3 N–H and O–H groups in total. The molecule has 21 heavy (non-hydrogen) atoms. The average Bonchev–Trinajstić information content (AvgIpc) is 2.42. The van der Waals surface area contributed by atoms with E-state index in [1.165, 1.54) is 0 Å². The maximum Gasteiger partial charge on any atom is 0.262 e. The van der Waals surface area contributed by atoms with Crippen LogP contribution in [0.4, 0.5) is 11.4 Å². The molecule has 1 amide bonds. The maximum atomic E-state index is 11.9. The summed E-state index contributed by atoms with van der Waals surface area (Å²) in [5.41, 5.74) is 6.54. The number of nitrogen functional groups attached to an aromatic ring is 1. The third-order valence-electron chi connectivity index (χ3n) is 2.52. The lowest BCUT2D eigenvalue weighted by Crippen LogP contribution is -2.20. The monoisotopic (exact) mass is 388 g/mol. The van der Waals surface area contributed by atoms with Crippen LogP contribution in [0.15, 0.2) is 40.9 Å². The first-order valence-corrected chi connectivity index (χ1v) is 7.43. The van der Waals surface area contributed by atoms with Crippen LogP contribution in [0.25, 0.3) is 0 Å². The van der Waals surface area contributed by atoms with E-state index in [1.54, 1.807) is 36.4 Å². The minimum absolute atomic E-state index is 0.160. The Morgan fingerprint density at radius 3 is 2.33 bits per heavy atom. The third kappa shape index (κ3) is 4.52. The summed E-state index contributed by atoms with van der Waals surface area (Å²) >= 11 is 15.3. The van der Waals surface area contributed by atoms with E-state index in [4.69, 9.17) is 33.7 Å². The number of nitrogens with one attached hydrogen (secondary N) is 1. The van der Waals surface area contributed by atoms with Crippen molar-refractivity contribution in [2.75, 3.05) is 17.7 Å². The highest BCUT2D eigenvalue weighted by Gasteiger charge is 2.11. The normalized spacial score (nSPS) is 10.2. The number of anilines is 2. The van der Waals surface area contributed by atoms with E-state index in [9.17, 15) is 4.79 Å². The smallest absolute Gasteiger partial charge is 0.262 e. The molecule has 0 unspecified atom stereocenters. The second kappa shape index (κ2) is 7.02. The van der Waals surface area contributed by atoms with Crippen molar-refractivity contribution in [2.45, 2.75) is 0 Å². The Balaban J connectivity index is 1.97. The summed E-state index contributed by atoms with van der Waals surface area (Å²) in [6.07, 6.45) is 0. The Labute approximate surface area is 140 Å². The topological polar surface area (TPSA) is 64.3 Å². The highest BCUT2D eigenvalue weighted by atomic mass is 79.9. The Kier molecular flexibility index (Phi) is 5.33. The van der Waals surface area contributed by atoms with Gasteiger partial charge in [0.1, 0.15) is 5.75 Å². The molecule has 0 aliphatic heterocycles. The van der Waals surface area contributed by atoms with E-state index >= 15 is 0 Å². The summed E-state index contributed by atoms with van der Waals surface area (Å²) in [5, 5.41) is 3.30. The fourth-order valence-electron chi connectivity index (χ4n) is 1.55. The Morgan fingerprint density at radius 1 is 1.19 bits per heavy atom. The first-order valence-electron chi connectivity index (χ1n) is 5.88. The summed E-state index contributed by atoms with van der Waals surface area (Å²) in [6.45, 7) is -0.160. The molecule has 0 saturated heterocycles. The molecular formula is C14H11BrCl2N2O2.